The van der Waals surface area contributed by atoms with Crippen LogP contribution in [0.3, 0.4) is 0 Å². The van der Waals surface area contributed by atoms with Crippen molar-refractivity contribution in [3.63, 3.8) is 0 Å². The fourth-order valence-corrected chi connectivity index (χ4v) is 2.49. The van der Waals surface area contributed by atoms with Crippen LogP contribution in [0.1, 0.15) is 32.0 Å². The van der Waals surface area contributed by atoms with Crippen molar-refractivity contribution in [2.24, 2.45) is 0 Å². The summed E-state index contributed by atoms with van der Waals surface area (Å²) in [6, 6.07) is 5.63. The van der Waals surface area contributed by atoms with E-state index in [0.29, 0.717) is 18.5 Å². The molecule has 19 heavy (non-hydrogen) atoms. The number of carboxylic acids is 1. The Morgan fingerprint density at radius 2 is 2.21 bits per heavy atom. The Bertz CT molecular complexity index is 722. The highest BCUT2D eigenvalue weighted by Gasteiger charge is 2.27. The zero-order chi connectivity index (χ0) is 13.6. The number of amides is 1. The number of carbonyl (C=O) groups is 2. The smallest absolute Gasteiger partial charge is 0.355 e. The minimum atomic E-state index is -1.17. The number of rotatable bonds is 1. The molecule has 2 heterocycles. The molecule has 1 aliphatic rings. The van der Waals surface area contributed by atoms with E-state index in [1.54, 1.807) is 6.07 Å². The van der Waals surface area contributed by atoms with E-state index in [9.17, 15) is 14.7 Å². The molecule has 2 N–H and O–H groups in total. The first kappa shape index (κ1) is 11.6. The number of carboxylic acid groups (broad SMARTS) is 1. The molecule has 0 aliphatic carbocycles. The normalized spacial score (nSPS) is 14.1. The minimum Gasteiger partial charge on any atom is -0.476 e. The van der Waals surface area contributed by atoms with Gasteiger partial charge in [-0.3, -0.25) is 4.79 Å². The van der Waals surface area contributed by atoms with E-state index in [1.807, 2.05) is 19.1 Å². The number of pyridine rings is 1. The van der Waals surface area contributed by atoms with Gasteiger partial charge in [0.2, 0.25) is 0 Å². The predicted molar refractivity (Wildman–Crippen MR) is 69.5 cm³/mol. The van der Waals surface area contributed by atoms with Crippen LogP contribution < -0.4 is 5.32 Å². The molecule has 1 aromatic heterocycles. The summed E-state index contributed by atoms with van der Waals surface area (Å²) in [7, 11) is 0. The maximum atomic E-state index is 11.9. The number of nitrogens with zero attached hydrogens (tertiary/aromatic N) is 1. The molecule has 3 rings (SSSR count). The standard InChI is InChI=1S/C14H12N2O3/c1-7-2-3-10-9(6-7)8-4-5-15-13(17)11(8)12(16-10)14(18)19/h2-3,6H,4-5H2,1H3,(H,15,17)(H,18,19). The van der Waals surface area contributed by atoms with Crippen LogP contribution in [0.5, 0.6) is 0 Å². The van der Waals surface area contributed by atoms with Gasteiger partial charge in [0.25, 0.3) is 5.91 Å². The highest BCUT2D eigenvalue weighted by molar-refractivity contribution is 6.09. The van der Waals surface area contributed by atoms with Crippen LogP contribution in [0.2, 0.25) is 0 Å². The van der Waals surface area contributed by atoms with E-state index in [2.05, 4.69) is 10.3 Å². The van der Waals surface area contributed by atoms with Gasteiger partial charge in [-0.05, 0) is 31.0 Å². The molecule has 0 saturated heterocycles. The Kier molecular flexibility index (Phi) is 2.48. The second-order valence-corrected chi connectivity index (χ2v) is 4.65. The first-order valence-electron chi connectivity index (χ1n) is 6.02. The van der Waals surface area contributed by atoms with Gasteiger partial charge in [0.15, 0.2) is 5.69 Å². The van der Waals surface area contributed by atoms with E-state index in [-0.39, 0.29) is 17.2 Å². The molecule has 0 spiro atoms. The third kappa shape index (κ3) is 1.74. The maximum absolute atomic E-state index is 11.9. The first-order chi connectivity index (χ1) is 9.08. The fraction of sp³-hybridized carbons (Fsp3) is 0.214. The second kappa shape index (κ2) is 4.05. The SMILES string of the molecule is Cc1ccc2nc(C(=O)O)c3c(c2c1)CCNC3=O. The number of nitrogens with one attached hydrogen (secondary N) is 1. The summed E-state index contributed by atoms with van der Waals surface area (Å²) < 4.78 is 0. The monoisotopic (exact) mass is 256 g/mol. The molecule has 1 aromatic carbocycles. The van der Waals surface area contributed by atoms with E-state index in [4.69, 9.17) is 0 Å². The lowest BCUT2D eigenvalue weighted by Crippen LogP contribution is -2.34. The number of aryl methyl sites for hydroxylation is 1. The van der Waals surface area contributed by atoms with Gasteiger partial charge in [-0.2, -0.15) is 0 Å². The Hall–Kier alpha value is -2.43. The Balaban J connectivity index is 2.45. The summed E-state index contributed by atoms with van der Waals surface area (Å²) in [5, 5.41) is 12.8. The molecule has 1 amide bonds. The summed E-state index contributed by atoms with van der Waals surface area (Å²) in [4.78, 5) is 27.3. The maximum Gasteiger partial charge on any atom is 0.355 e. The first-order valence-corrected chi connectivity index (χ1v) is 6.02. The number of benzene rings is 1. The summed E-state index contributed by atoms with van der Waals surface area (Å²) >= 11 is 0. The van der Waals surface area contributed by atoms with Crippen molar-refractivity contribution in [2.75, 3.05) is 6.54 Å². The van der Waals surface area contributed by atoms with Crippen molar-refractivity contribution in [1.82, 2.24) is 10.3 Å². The van der Waals surface area contributed by atoms with Gasteiger partial charge in [-0.25, -0.2) is 9.78 Å². The summed E-state index contributed by atoms with van der Waals surface area (Å²) in [5.41, 5.74) is 2.51. The molecule has 96 valence electrons. The molecule has 1 aliphatic heterocycles. The summed E-state index contributed by atoms with van der Waals surface area (Å²) in [6.07, 6.45) is 0.629. The largest absolute Gasteiger partial charge is 0.476 e. The molecular formula is C14H12N2O3. The Morgan fingerprint density at radius 3 is 2.95 bits per heavy atom. The third-order valence-corrected chi connectivity index (χ3v) is 3.34. The number of hydrogen-bond donors (Lipinski definition) is 2. The van der Waals surface area contributed by atoms with Crippen molar-refractivity contribution < 1.29 is 14.7 Å². The molecule has 5 heteroatoms. The van der Waals surface area contributed by atoms with Crippen molar-refractivity contribution >= 4 is 22.8 Å². The van der Waals surface area contributed by atoms with Gasteiger partial charge in [-0.1, -0.05) is 11.6 Å². The highest BCUT2D eigenvalue weighted by atomic mass is 16.4. The third-order valence-electron chi connectivity index (χ3n) is 3.34. The summed E-state index contributed by atoms with van der Waals surface area (Å²) in [5.74, 6) is -1.52. The van der Waals surface area contributed by atoms with Crippen LogP contribution in [-0.2, 0) is 6.42 Å². The lowest BCUT2D eigenvalue weighted by molar-refractivity contribution is 0.0684. The lowest BCUT2D eigenvalue weighted by Gasteiger charge is -2.20. The van der Waals surface area contributed by atoms with Gasteiger partial charge in [0.05, 0.1) is 11.1 Å². The Labute approximate surface area is 109 Å². The predicted octanol–water partition coefficient (Wildman–Crippen LogP) is 1.53. The number of aromatic nitrogens is 1. The number of fused-ring (bicyclic) bond motifs is 3. The van der Waals surface area contributed by atoms with Gasteiger partial charge in [0, 0.05) is 11.9 Å². The van der Waals surface area contributed by atoms with Crippen molar-refractivity contribution in [3.8, 4) is 0 Å². The average molecular weight is 256 g/mol. The van der Waals surface area contributed by atoms with Crippen LogP contribution in [-0.4, -0.2) is 28.5 Å². The average Bonchev–Trinajstić information content (AvgIpc) is 2.38. The van der Waals surface area contributed by atoms with Crippen molar-refractivity contribution in [2.45, 2.75) is 13.3 Å². The van der Waals surface area contributed by atoms with E-state index < -0.39 is 5.97 Å². The molecule has 0 saturated carbocycles. The van der Waals surface area contributed by atoms with Crippen LogP contribution >= 0.6 is 0 Å². The molecule has 0 atom stereocenters. The number of carbonyl (C=O) groups excluding carboxylic acids is 1. The van der Waals surface area contributed by atoms with Crippen molar-refractivity contribution in [1.29, 1.82) is 0 Å². The van der Waals surface area contributed by atoms with E-state index in [0.717, 1.165) is 16.5 Å². The highest BCUT2D eigenvalue weighted by Crippen LogP contribution is 2.27. The lowest BCUT2D eigenvalue weighted by atomic mass is 9.94. The van der Waals surface area contributed by atoms with Crippen molar-refractivity contribution in [3.05, 3.63) is 40.6 Å². The molecule has 2 aromatic rings. The van der Waals surface area contributed by atoms with Crippen LogP contribution in [0.25, 0.3) is 10.9 Å². The fourth-order valence-electron chi connectivity index (χ4n) is 2.49. The molecule has 0 bridgehead atoms. The number of hydrogen-bond acceptors (Lipinski definition) is 3. The van der Waals surface area contributed by atoms with Gasteiger partial charge >= 0.3 is 5.97 Å². The van der Waals surface area contributed by atoms with Gasteiger partial charge in [0.1, 0.15) is 0 Å². The zero-order valence-corrected chi connectivity index (χ0v) is 10.4. The number of aromatic carboxylic acids is 1. The topological polar surface area (TPSA) is 79.3 Å². The van der Waals surface area contributed by atoms with Crippen LogP contribution in [0, 0.1) is 6.92 Å². The molecule has 0 radical (unpaired) electrons. The van der Waals surface area contributed by atoms with Gasteiger partial charge < -0.3 is 10.4 Å². The second-order valence-electron chi connectivity index (χ2n) is 4.65. The molecule has 0 unspecified atom stereocenters. The van der Waals surface area contributed by atoms with Crippen LogP contribution in [0.15, 0.2) is 18.2 Å². The Morgan fingerprint density at radius 1 is 1.42 bits per heavy atom. The van der Waals surface area contributed by atoms with Crippen LogP contribution in [0.4, 0.5) is 0 Å². The zero-order valence-electron chi connectivity index (χ0n) is 10.4. The van der Waals surface area contributed by atoms with E-state index in [1.165, 1.54) is 0 Å². The molecule has 0 fully saturated rings. The molecule has 5 nitrogen and oxygen atoms in total. The van der Waals surface area contributed by atoms with Gasteiger partial charge in [-0.15, -0.1) is 0 Å². The summed E-state index contributed by atoms with van der Waals surface area (Å²) in [6.45, 7) is 2.48. The van der Waals surface area contributed by atoms with E-state index >= 15 is 0 Å². The quantitative estimate of drug-likeness (QED) is 0.810. The molecular weight excluding hydrogens is 244 g/mol. The minimum absolute atomic E-state index is 0.163.